The zero-order chi connectivity index (χ0) is 12.8. The fraction of sp³-hybridized carbons (Fsp3) is 0.455. The molecule has 17 heavy (non-hydrogen) atoms. The van der Waals surface area contributed by atoms with Crippen molar-refractivity contribution in [1.82, 2.24) is 4.98 Å². The van der Waals surface area contributed by atoms with E-state index in [-0.39, 0.29) is 18.9 Å². The number of aliphatic hydroxyl groups is 3. The van der Waals surface area contributed by atoms with Gasteiger partial charge in [0.1, 0.15) is 6.10 Å². The highest BCUT2D eigenvalue weighted by Gasteiger charge is 2.27. The van der Waals surface area contributed by atoms with E-state index in [0.717, 1.165) is 0 Å². The minimum atomic E-state index is -1.68. The van der Waals surface area contributed by atoms with Gasteiger partial charge >= 0.3 is 5.97 Å². The lowest BCUT2D eigenvalue weighted by Crippen LogP contribution is -2.30. The highest BCUT2D eigenvalue weighted by atomic mass is 16.5. The molecule has 2 atom stereocenters. The van der Waals surface area contributed by atoms with Gasteiger partial charge in [-0.05, 0) is 19.1 Å². The number of carbonyl (C=O) groups excluding carboxylic acids is 1. The van der Waals surface area contributed by atoms with Crippen LogP contribution in [-0.2, 0) is 16.1 Å². The van der Waals surface area contributed by atoms with Gasteiger partial charge in [-0.15, -0.1) is 0 Å². The second-order valence-electron chi connectivity index (χ2n) is 3.35. The van der Waals surface area contributed by atoms with E-state index in [2.05, 4.69) is 9.72 Å². The average molecular weight is 241 g/mol. The molecule has 0 bridgehead atoms. The van der Waals surface area contributed by atoms with Crippen molar-refractivity contribution in [1.29, 1.82) is 0 Å². The standard InChI is InChI=1S/C11H15NO5/c1-2-17-11(16)10(15)9(14)8-5-3-4-7(6-13)12-8/h3-5,9-10,13-15H,2,6H2,1H3. The van der Waals surface area contributed by atoms with Crippen LogP contribution in [0.2, 0.25) is 0 Å². The topological polar surface area (TPSA) is 99.9 Å². The first-order valence-electron chi connectivity index (χ1n) is 5.19. The molecule has 1 heterocycles. The van der Waals surface area contributed by atoms with Crippen LogP contribution in [0.4, 0.5) is 0 Å². The summed E-state index contributed by atoms with van der Waals surface area (Å²) in [6, 6.07) is 4.58. The first-order valence-corrected chi connectivity index (χ1v) is 5.19. The largest absolute Gasteiger partial charge is 0.464 e. The molecule has 0 fully saturated rings. The van der Waals surface area contributed by atoms with Crippen molar-refractivity contribution in [3.05, 3.63) is 29.6 Å². The van der Waals surface area contributed by atoms with E-state index >= 15 is 0 Å². The molecular formula is C11H15NO5. The van der Waals surface area contributed by atoms with Gasteiger partial charge in [0.2, 0.25) is 0 Å². The van der Waals surface area contributed by atoms with Crippen LogP contribution in [0.5, 0.6) is 0 Å². The van der Waals surface area contributed by atoms with Crippen molar-refractivity contribution < 1.29 is 24.9 Å². The van der Waals surface area contributed by atoms with Gasteiger partial charge in [-0.1, -0.05) is 6.07 Å². The molecule has 0 amide bonds. The molecule has 94 valence electrons. The number of aliphatic hydroxyl groups excluding tert-OH is 3. The van der Waals surface area contributed by atoms with Crippen LogP contribution in [-0.4, -0.2) is 39.0 Å². The summed E-state index contributed by atoms with van der Waals surface area (Å²) in [6.07, 6.45) is -3.16. The van der Waals surface area contributed by atoms with Crippen LogP contribution in [0.15, 0.2) is 18.2 Å². The van der Waals surface area contributed by atoms with Gasteiger partial charge in [-0.3, -0.25) is 4.98 Å². The lowest BCUT2D eigenvalue weighted by molar-refractivity contribution is -0.159. The maximum atomic E-state index is 11.2. The Morgan fingerprint density at radius 2 is 2.18 bits per heavy atom. The second kappa shape index (κ2) is 6.29. The van der Waals surface area contributed by atoms with Crippen molar-refractivity contribution in [2.45, 2.75) is 25.7 Å². The third kappa shape index (κ3) is 3.48. The van der Waals surface area contributed by atoms with Gasteiger partial charge in [0.05, 0.1) is 24.6 Å². The lowest BCUT2D eigenvalue weighted by atomic mass is 10.1. The highest BCUT2D eigenvalue weighted by Crippen LogP contribution is 2.16. The van der Waals surface area contributed by atoms with Crippen molar-refractivity contribution in [3.63, 3.8) is 0 Å². The molecule has 6 heteroatoms. The van der Waals surface area contributed by atoms with Gasteiger partial charge in [-0.2, -0.15) is 0 Å². The van der Waals surface area contributed by atoms with E-state index in [1.54, 1.807) is 19.1 Å². The zero-order valence-corrected chi connectivity index (χ0v) is 9.41. The smallest absolute Gasteiger partial charge is 0.338 e. The number of ether oxygens (including phenoxy) is 1. The van der Waals surface area contributed by atoms with Crippen molar-refractivity contribution in [3.8, 4) is 0 Å². The molecule has 1 aromatic rings. The third-order valence-electron chi connectivity index (χ3n) is 2.12. The Bertz CT molecular complexity index is 382. The number of hydrogen-bond acceptors (Lipinski definition) is 6. The summed E-state index contributed by atoms with van der Waals surface area (Å²) in [4.78, 5) is 15.1. The van der Waals surface area contributed by atoms with Crippen molar-refractivity contribution >= 4 is 5.97 Å². The van der Waals surface area contributed by atoms with Gasteiger partial charge in [0.25, 0.3) is 0 Å². The molecule has 2 unspecified atom stereocenters. The summed E-state index contributed by atoms with van der Waals surface area (Å²) in [5.74, 6) is -0.906. The summed E-state index contributed by atoms with van der Waals surface area (Å²) in [5, 5.41) is 28.1. The van der Waals surface area contributed by atoms with E-state index in [4.69, 9.17) is 5.11 Å². The first-order chi connectivity index (χ1) is 8.10. The minimum Gasteiger partial charge on any atom is -0.464 e. The average Bonchev–Trinajstić information content (AvgIpc) is 2.37. The van der Waals surface area contributed by atoms with Crippen LogP contribution in [0.1, 0.15) is 24.4 Å². The fourth-order valence-corrected chi connectivity index (χ4v) is 1.27. The Balaban J connectivity index is 2.80. The molecule has 0 aliphatic heterocycles. The molecular weight excluding hydrogens is 226 g/mol. The highest BCUT2D eigenvalue weighted by molar-refractivity contribution is 5.75. The van der Waals surface area contributed by atoms with E-state index < -0.39 is 18.2 Å². The van der Waals surface area contributed by atoms with Gasteiger partial charge in [-0.25, -0.2) is 4.79 Å². The van der Waals surface area contributed by atoms with E-state index in [1.807, 2.05) is 0 Å². The molecule has 0 saturated carbocycles. The Labute approximate surface area is 98.5 Å². The zero-order valence-electron chi connectivity index (χ0n) is 9.41. The lowest BCUT2D eigenvalue weighted by Gasteiger charge is -2.16. The van der Waals surface area contributed by atoms with Crippen LogP contribution in [0.3, 0.4) is 0 Å². The van der Waals surface area contributed by atoms with Crippen LogP contribution in [0, 0.1) is 0 Å². The van der Waals surface area contributed by atoms with Gasteiger partial charge in [0.15, 0.2) is 6.10 Å². The Morgan fingerprint density at radius 1 is 1.47 bits per heavy atom. The maximum absolute atomic E-state index is 11.2. The Morgan fingerprint density at radius 3 is 2.76 bits per heavy atom. The molecule has 0 aromatic carbocycles. The quantitative estimate of drug-likeness (QED) is 0.603. The van der Waals surface area contributed by atoms with Crippen molar-refractivity contribution in [2.75, 3.05) is 6.61 Å². The molecule has 0 saturated heterocycles. The number of nitrogens with zero attached hydrogens (tertiary/aromatic N) is 1. The Hall–Kier alpha value is -1.50. The monoisotopic (exact) mass is 241 g/mol. The van der Waals surface area contributed by atoms with Gasteiger partial charge in [0, 0.05) is 0 Å². The molecule has 1 aromatic heterocycles. The number of hydrogen-bond donors (Lipinski definition) is 3. The molecule has 0 radical (unpaired) electrons. The summed E-state index contributed by atoms with van der Waals surface area (Å²) < 4.78 is 4.58. The van der Waals surface area contributed by atoms with Gasteiger partial charge < -0.3 is 20.1 Å². The maximum Gasteiger partial charge on any atom is 0.338 e. The van der Waals surface area contributed by atoms with Crippen molar-refractivity contribution in [2.24, 2.45) is 0 Å². The second-order valence-corrected chi connectivity index (χ2v) is 3.35. The summed E-state index contributed by atoms with van der Waals surface area (Å²) in [7, 11) is 0. The molecule has 0 aliphatic carbocycles. The van der Waals surface area contributed by atoms with E-state index in [0.29, 0.717) is 5.69 Å². The van der Waals surface area contributed by atoms with E-state index in [1.165, 1.54) is 6.07 Å². The van der Waals surface area contributed by atoms with Crippen LogP contribution in [0.25, 0.3) is 0 Å². The van der Waals surface area contributed by atoms with E-state index in [9.17, 15) is 15.0 Å². The third-order valence-corrected chi connectivity index (χ3v) is 2.12. The van der Waals surface area contributed by atoms with Crippen LogP contribution < -0.4 is 0 Å². The predicted octanol–water partition coefficient (Wildman–Crippen LogP) is -0.469. The number of pyridine rings is 1. The van der Waals surface area contributed by atoms with Crippen LogP contribution >= 0.6 is 0 Å². The number of aromatic nitrogens is 1. The molecule has 1 rings (SSSR count). The number of carbonyl (C=O) groups is 1. The summed E-state index contributed by atoms with van der Waals surface area (Å²) in [6.45, 7) is 1.43. The number of rotatable bonds is 5. The molecule has 0 spiro atoms. The SMILES string of the molecule is CCOC(=O)C(O)C(O)c1cccc(CO)n1. The number of esters is 1. The molecule has 3 N–H and O–H groups in total. The Kier molecular flexibility index (Phi) is 5.02. The fourth-order valence-electron chi connectivity index (χ4n) is 1.27. The summed E-state index contributed by atoms with van der Waals surface area (Å²) in [5.41, 5.74) is 0.453. The minimum absolute atomic E-state index is 0.108. The first kappa shape index (κ1) is 13.6. The molecule has 0 aliphatic rings. The predicted molar refractivity (Wildman–Crippen MR) is 57.8 cm³/mol. The summed E-state index contributed by atoms with van der Waals surface area (Å²) >= 11 is 0. The normalized spacial score (nSPS) is 14.1. The molecule has 6 nitrogen and oxygen atoms in total.